The summed E-state index contributed by atoms with van der Waals surface area (Å²) in [6, 6.07) is 10.6. The Hall–Kier alpha value is -1.03. The molecule has 0 aliphatic carbocycles. The highest BCUT2D eigenvalue weighted by Gasteiger charge is 2.11. The van der Waals surface area contributed by atoms with E-state index in [1.54, 1.807) is 0 Å². The lowest BCUT2D eigenvalue weighted by Gasteiger charge is -2.24. The molecular formula is C15H19ClN2S. The third kappa shape index (κ3) is 3.96. The first kappa shape index (κ1) is 14.4. The monoisotopic (exact) mass is 294 g/mol. The largest absolute Gasteiger partial charge is 0.398 e. The van der Waals surface area contributed by atoms with E-state index in [2.05, 4.69) is 36.4 Å². The van der Waals surface area contributed by atoms with Crippen LogP contribution in [-0.2, 0) is 13.0 Å². The van der Waals surface area contributed by atoms with Gasteiger partial charge in [0.05, 0.1) is 10.7 Å². The fourth-order valence-electron chi connectivity index (χ4n) is 1.99. The maximum atomic E-state index is 6.05. The molecule has 0 amide bonds. The number of hydrogen-bond donors (Lipinski definition) is 1. The van der Waals surface area contributed by atoms with Crippen LogP contribution >= 0.6 is 22.9 Å². The maximum absolute atomic E-state index is 6.05. The molecule has 0 bridgehead atoms. The lowest BCUT2D eigenvalue weighted by molar-refractivity contribution is 0.249. The van der Waals surface area contributed by atoms with Gasteiger partial charge in [-0.15, -0.1) is 11.3 Å². The van der Waals surface area contributed by atoms with Gasteiger partial charge >= 0.3 is 0 Å². The first-order valence-electron chi connectivity index (χ1n) is 6.33. The smallest absolute Gasteiger partial charge is 0.0638 e. The summed E-state index contributed by atoms with van der Waals surface area (Å²) in [5.41, 5.74) is 7.56. The van der Waals surface area contributed by atoms with Crippen molar-refractivity contribution in [3.63, 3.8) is 0 Å². The second-order valence-electron chi connectivity index (χ2n) is 4.90. The van der Waals surface area contributed by atoms with E-state index in [9.17, 15) is 0 Å². The van der Waals surface area contributed by atoms with Crippen LogP contribution in [-0.4, -0.2) is 18.0 Å². The SMILES string of the molecule is CC(Cc1cccs1)N(C)Cc1ccc(N)c(Cl)c1. The van der Waals surface area contributed by atoms with Crippen LogP contribution in [0, 0.1) is 0 Å². The van der Waals surface area contributed by atoms with Gasteiger partial charge < -0.3 is 5.73 Å². The highest BCUT2D eigenvalue weighted by atomic mass is 35.5. The zero-order chi connectivity index (χ0) is 13.8. The first-order chi connectivity index (χ1) is 9.06. The Kier molecular flexibility index (Phi) is 4.86. The standard InChI is InChI=1S/C15H19ClN2S/c1-11(8-13-4-3-7-19-13)18(2)10-12-5-6-15(17)14(16)9-12/h3-7,9,11H,8,10,17H2,1-2H3. The molecule has 1 atom stereocenters. The van der Waals surface area contributed by atoms with Crippen LogP contribution in [0.3, 0.4) is 0 Å². The van der Waals surface area contributed by atoms with Crippen LogP contribution in [0.15, 0.2) is 35.7 Å². The molecule has 0 aliphatic heterocycles. The third-order valence-electron chi connectivity index (χ3n) is 3.33. The Morgan fingerprint density at radius 2 is 2.16 bits per heavy atom. The Morgan fingerprint density at radius 1 is 1.37 bits per heavy atom. The van der Waals surface area contributed by atoms with Gasteiger partial charge in [-0.1, -0.05) is 23.7 Å². The van der Waals surface area contributed by atoms with Crippen molar-refractivity contribution in [3.8, 4) is 0 Å². The number of nitrogens with two attached hydrogens (primary N) is 1. The first-order valence-corrected chi connectivity index (χ1v) is 7.58. The molecule has 2 nitrogen and oxygen atoms in total. The molecule has 0 saturated heterocycles. The van der Waals surface area contributed by atoms with E-state index >= 15 is 0 Å². The van der Waals surface area contributed by atoms with Gasteiger partial charge in [0.25, 0.3) is 0 Å². The minimum atomic E-state index is 0.495. The van der Waals surface area contributed by atoms with Crippen LogP contribution in [0.4, 0.5) is 5.69 Å². The number of halogens is 1. The van der Waals surface area contributed by atoms with Gasteiger partial charge in [0.1, 0.15) is 0 Å². The molecule has 2 N–H and O–H groups in total. The molecule has 19 heavy (non-hydrogen) atoms. The van der Waals surface area contributed by atoms with Gasteiger partial charge in [-0.3, -0.25) is 4.90 Å². The lowest BCUT2D eigenvalue weighted by atomic mass is 10.1. The molecule has 1 heterocycles. The molecule has 1 aromatic carbocycles. The highest BCUT2D eigenvalue weighted by molar-refractivity contribution is 7.09. The zero-order valence-corrected chi connectivity index (χ0v) is 12.8. The van der Waals surface area contributed by atoms with E-state index in [4.69, 9.17) is 17.3 Å². The van der Waals surface area contributed by atoms with E-state index in [1.807, 2.05) is 29.5 Å². The average Bonchev–Trinajstić information content (AvgIpc) is 2.86. The predicted molar refractivity (Wildman–Crippen MR) is 84.8 cm³/mol. The van der Waals surface area contributed by atoms with Crippen LogP contribution < -0.4 is 5.73 Å². The quantitative estimate of drug-likeness (QED) is 0.843. The molecule has 102 valence electrons. The molecule has 1 aromatic heterocycles. The number of nitrogens with zero attached hydrogens (tertiary/aromatic N) is 1. The normalized spacial score (nSPS) is 12.8. The zero-order valence-electron chi connectivity index (χ0n) is 11.3. The van der Waals surface area contributed by atoms with E-state index in [0.717, 1.165) is 13.0 Å². The van der Waals surface area contributed by atoms with Crippen LogP contribution in [0.25, 0.3) is 0 Å². The van der Waals surface area contributed by atoms with Gasteiger partial charge in [-0.25, -0.2) is 0 Å². The van der Waals surface area contributed by atoms with Crippen molar-refractivity contribution < 1.29 is 0 Å². The summed E-state index contributed by atoms with van der Waals surface area (Å²) in [5.74, 6) is 0. The number of hydrogen-bond acceptors (Lipinski definition) is 3. The molecule has 1 unspecified atom stereocenters. The van der Waals surface area contributed by atoms with Crippen LogP contribution in [0.1, 0.15) is 17.4 Å². The summed E-state index contributed by atoms with van der Waals surface area (Å²) >= 11 is 7.87. The minimum Gasteiger partial charge on any atom is -0.398 e. The highest BCUT2D eigenvalue weighted by Crippen LogP contribution is 2.21. The minimum absolute atomic E-state index is 0.495. The summed E-state index contributed by atoms with van der Waals surface area (Å²) in [4.78, 5) is 3.76. The summed E-state index contributed by atoms with van der Waals surface area (Å²) in [6.45, 7) is 3.13. The molecule has 0 spiro atoms. The van der Waals surface area contributed by atoms with E-state index < -0.39 is 0 Å². The van der Waals surface area contributed by atoms with Crippen molar-refractivity contribution in [3.05, 3.63) is 51.2 Å². The van der Waals surface area contributed by atoms with Crippen molar-refractivity contribution >= 4 is 28.6 Å². The number of anilines is 1. The molecule has 0 aliphatic rings. The second kappa shape index (κ2) is 6.42. The van der Waals surface area contributed by atoms with Crippen LogP contribution in [0.5, 0.6) is 0 Å². The fourth-order valence-corrected chi connectivity index (χ4v) is 3.02. The van der Waals surface area contributed by atoms with Crippen molar-refractivity contribution in [2.24, 2.45) is 0 Å². The molecule has 0 saturated carbocycles. The Morgan fingerprint density at radius 3 is 2.79 bits per heavy atom. The number of nitrogen functional groups attached to an aromatic ring is 1. The number of thiophene rings is 1. The van der Waals surface area contributed by atoms with E-state index in [1.165, 1.54) is 10.4 Å². The third-order valence-corrected chi connectivity index (χ3v) is 4.55. The molecular weight excluding hydrogens is 276 g/mol. The Bertz CT molecular complexity index is 525. The fraction of sp³-hybridized carbons (Fsp3) is 0.333. The van der Waals surface area contributed by atoms with Gasteiger partial charge in [0, 0.05) is 17.5 Å². The second-order valence-corrected chi connectivity index (χ2v) is 6.34. The van der Waals surface area contributed by atoms with E-state index in [-0.39, 0.29) is 0 Å². The van der Waals surface area contributed by atoms with Gasteiger partial charge in [0.15, 0.2) is 0 Å². The Labute approximate surface area is 123 Å². The molecule has 2 aromatic rings. The summed E-state index contributed by atoms with van der Waals surface area (Å²) in [5, 5.41) is 2.76. The summed E-state index contributed by atoms with van der Waals surface area (Å²) in [7, 11) is 2.14. The number of rotatable bonds is 5. The van der Waals surface area contributed by atoms with Gasteiger partial charge in [-0.2, -0.15) is 0 Å². The molecule has 4 heteroatoms. The summed E-state index contributed by atoms with van der Waals surface area (Å²) in [6.07, 6.45) is 1.08. The van der Waals surface area contributed by atoms with Crippen LogP contribution in [0.2, 0.25) is 5.02 Å². The van der Waals surface area contributed by atoms with Crippen molar-refractivity contribution in [2.45, 2.75) is 25.9 Å². The molecule has 0 fully saturated rings. The number of likely N-dealkylation sites (N-methyl/N-ethyl adjacent to an activating group) is 1. The lowest BCUT2D eigenvalue weighted by Crippen LogP contribution is -2.30. The summed E-state index contributed by atoms with van der Waals surface area (Å²) < 4.78 is 0. The maximum Gasteiger partial charge on any atom is 0.0638 e. The topological polar surface area (TPSA) is 29.3 Å². The average molecular weight is 295 g/mol. The van der Waals surface area contributed by atoms with E-state index in [0.29, 0.717) is 16.8 Å². The van der Waals surface area contributed by atoms with Crippen molar-refractivity contribution in [1.82, 2.24) is 4.90 Å². The van der Waals surface area contributed by atoms with Crippen molar-refractivity contribution in [2.75, 3.05) is 12.8 Å². The van der Waals surface area contributed by atoms with Crippen molar-refractivity contribution in [1.29, 1.82) is 0 Å². The molecule has 0 radical (unpaired) electrons. The van der Waals surface area contributed by atoms with Gasteiger partial charge in [-0.05, 0) is 49.5 Å². The number of benzene rings is 1. The predicted octanol–water partition coefficient (Wildman–Crippen LogP) is 4.05. The molecule has 2 rings (SSSR count). The van der Waals surface area contributed by atoms with Gasteiger partial charge in [0.2, 0.25) is 0 Å². The Balaban J connectivity index is 1.96.